The Bertz CT molecular complexity index is 790. The van der Waals surface area contributed by atoms with Crippen molar-refractivity contribution in [1.82, 2.24) is 0 Å². The Morgan fingerprint density at radius 1 is 1.38 bits per heavy atom. The van der Waals surface area contributed by atoms with E-state index in [1.54, 1.807) is 12.2 Å². The van der Waals surface area contributed by atoms with Gasteiger partial charge in [0, 0.05) is 16.7 Å². The van der Waals surface area contributed by atoms with E-state index in [2.05, 4.69) is 20.8 Å². The molecule has 1 N–H and O–H groups in total. The van der Waals surface area contributed by atoms with Crippen LogP contribution in [0.3, 0.4) is 0 Å². The summed E-state index contributed by atoms with van der Waals surface area (Å²) in [5, 5.41) is 19.9. The van der Waals surface area contributed by atoms with Crippen molar-refractivity contribution in [3.63, 3.8) is 0 Å². The van der Waals surface area contributed by atoms with Crippen LogP contribution in [0.5, 0.6) is 0 Å². The van der Waals surface area contributed by atoms with Gasteiger partial charge in [-0.25, -0.2) is 0 Å². The fourth-order valence-corrected chi connectivity index (χ4v) is 7.61. The summed E-state index contributed by atoms with van der Waals surface area (Å²) >= 11 is 0. The maximum atomic E-state index is 12.5. The average Bonchev–Trinajstić information content (AvgIpc) is 3.00. The number of ketones is 2. The molecule has 3 fully saturated rings. The Balaban J connectivity index is 1.84. The lowest BCUT2D eigenvalue weighted by atomic mass is 9.49. The maximum Gasteiger partial charge on any atom is 0.235 e. The van der Waals surface area contributed by atoms with Crippen LogP contribution in [-0.2, 0) is 9.59 Å². The highest BCUT2D eigenvalue weighted by molar-refractivity contribution is 6.01. The van der Waals surface area contributed by atoms with E-state index in [1.807, 2.05) is 12.1 Å². The third kappa shape index (κ3) is 1.88. The van der Waals surface area contributed by atoms with Crippen LogP contribution in [0, 0.1) is 51.2 Å². The summed E-state index contributed by atoms with van der Waals surface area (Å²) in [5.41, 5.74) is 0.153. The third-order valence-corrected chi connectivity index (χ3v) is 8.64. The zero-order valence-electron chi connectivity index (χ0n) is 15.8. The number of fused-ring (bicyclic) bond motifs is 5. The molecule has 0 aromatic carbocycles. The molecule has 0 aromatic heterocycles. The van der Waals surface area contributed by atoms with E-state index in [0.717, 1.165) is 31.3 Å². The minimum atomic E-state index is -0.359. The van der Waals surface area contributed by atoms with Crippen LogP contribution in [0.2, 0.25) is 0 Å². The number of aliphatic hydroxyl groups is 1. The van der Waals surface area contributed by atoms with Crippen LogP contribution < -0.4 is 0 Å². The molecule has 138 valence electrons. The van der Waals surface area contributed by atoms with Gasteiger partial charge in [-0.2, -0.15) is 5.26 Å². The van der Waals surface area contributed by atoms with Gasteiger partial charge < -0.3 is 5.11 Å². The minimum Gasteiger partial charge on any atom is -0.396 e. The van der Waals surface area contributed by atoms with E-state index in [4.69, 9.17) is 0 Å². The molecule has 4 heteroatoms. The first-order valence-corrected chi connectivity index (χ1v) is 9.72. The lowest BCUT2D eigenvalue weighted by Gasteiger charge is -2.55. The van der Waals surface area contributed by atoms with Gasteiger partial charge in [0.2, 0.25) is 5.78 Å². The Labute approximate surface area is 155 Å². The lowest BCUT2D eigenvalue weighted by Crippen LogP contribution is -2.51. The van der Waals surface area contributed by atoms with Crippen molar-refractivity contribution < 1.29 is 14.7 Å². The van der Waals surface area contributed by atoms with E-state index < -0.39 is 0 Å². The van der Waals surface area contributed by atoms with E-state index in [0.29, 0.717) is 11.8 Å². The molecule has 7 atom stereocenters. The summed E-state index contributed by atoms with van der Waals surface area (Å²) in [6, 6.07) is 1.89. The Morgan fingerprint density at radius 3 is 2.77 bits per heavy atom. The van der Waals surface area contributed by atoms with E-state index >= 15 is 0 Å². The zero-order chi connectivity index (χ0) is 18.9. The van der Waals surface area contributed by atoms with Gasteiger partial charge >= 0.3 is 0 Å². The van der Waals surface area contributed by atoms with E-state index in [9.17, 15) is 20.0 Å². The quantitative estimate of drug-likeness (QED) is 0.773. The van der Waals surface area contributed by atoms with Gasteiger partial charge in [-0.3, -0.25) is 9.59 Å². The largest absolute Gasteiger partial charge is 0.396 e. The first-order valence-electron chi connectivity index (χ1n) is 9.72. The summed E-state index contributed by atoms with van der Waals surface area (Å²) in [6.07, 6.45) is 8.90. The second kappa shape index (κ2) is 5.39. The molecular formula is C22H27NO3. The fraction of sp³-hybridized carbons (Fsp3) is 0.682. The molecule has 0 radical (unpaired) electrons. The van der Waals surface area contributed by atoms with E-state index in [1.165, 1.54) is 0 Å². The molecule has 0 amide bonds. The molecule has 6 unspecified atom stereocenters. The third-order valence-electron chi connectivity index (χ3n) is 8.64. The zero-order valence-corrected chi connectivity index (χ0v) is 15.8. The number of carbonyl (C=O) groups is 2. The average molecular weight is 353 g/mol. The Hall–Kier alpha value is -1.73. The van der Waals surface area contributed by atoms with Crippen molar-refractivity contribution in [2.45, 2.75) is 46.5 Å². The number of rotatable bonds is 2. The Morgan fingerprint density at radius 2 is 2.12 bits per heavy atom. The van der Waals surface area contributed by atoms with Crippen molar-refractivity contribution in [3.05, 3.63) is 23.8 Å². The molecule has 0 aliphatic heterocycles. The summed E-state index contributed by atoms with van der Waals surface area (Å²) in [5.74, 6) is 0.343. The van der Waals surface area contributed by atoms with Crippen LogP contribution in [0.4, 0.5) is 0 Å². The van der Waals surface area contributed by atoms with Crippen molar-refractivity contribution >= 4 is 11.6 Å². The van der Waals surface area contributed by atoms with Gasteiger partial charge in [-0.15, -0.1) is 0 Å². The van der Waals surface area contributed by atoms with Crippen LogP contribution in [0.1, 0.15) is 46.5 Å². The first kappa shape index (κ1) is 17.7. The number of aliphatic hydroxyl groups excluding tert-OH is 1. The predicted octanol–water partition coefficient (Wildman–Crippen LogP) is 3.22. The normalized spacial score (nSPS) is 49.0. The molecule has 4 aliphatic rings. The van der Waals surface area contributed by atoms with Crippen LogP contribution in [0.15, 0.2) is 23.8 Å². The highest BCUT2D eigenvalue weighted by atomic mass is 16.3. The van der Waals surface area contributed by atoms with Gasteiger partial charge in [0.05, 0.1) is 6.61 Å². The summed E-state index contributed by atoms with van der Waals surface area (Å²) in [6.45, 7) is 6.47. The first-order chi connectivity index (χ1) is 12.2. The molecule has 0 spiro atoms. The maximum absolute atomic E-state index is 12.5. The standard InChI is InChI=1S/C22H27NO3/c1-13-8-17-16-5-4-14-9-15(25)6-7-21(14,3)22(16,12-24)11-20(17,2)19(13)18(26)10-23/h6-7,9,13,16-17,19,24H,4-5,8,11-12H2,1-3H3/t13-,16?,17?,19?,20?,21?,22?/m1/s1. The molecule has 0 heterocycles. The molecule has 0 aromatic rings. The second-order valence-electron chi connectivity index (χ2n) is 9.52. The molecule has 0 bridgehead atoms. The number of nitrogens with zero attached hydrogens (tertiary/aromatic N) is 1. The number of hydrogen-bond donors (Lipinski definition) is 1. The molecular weight excluding hydrogens is 326 g/mol. The fourth-order valence-electron chi connectivity index (χ4n) is 7.61. The van der Waals surface area contributed by atoms with Crippen LogP contribution in [-0.4, -0.2) is 23.3 Å². The topological polar surface area (TPSA) is 78.2 Å². The number of nitriles is 1. The number of carbonyl (C=O) groups excluding carboxylic acids is 2. The Kier molecular flexibility index (Phi) is 3.66. The molecule has 4 nitrogen and oxygen atoms in total. The second-order valence-corrected chi connectivity index (χ2v) is 9.52. The molecule has 3 saturated carbocycles. The van der Waals surface area contributed by atoms with Crippen molar-refractivity contribution in [3.8, 4) is 6.07 Å². The van der Waals surface area contributed by atoms with Crippen molar-refractivity contribution in [2.75, 3.05) is 6.61 Å². The molecule has 4 aliphatic carbocycles. The summed E-state index contributed by atoms with van der Waals surface area (Å²) < 4.78 is 0. The van der Waals surface area contributed by atoms with Gasteiger partial charge in [0.1, 0.15) is 6.07 Å². The van der Waals surface area contributed by atoms with Crippen LogP contribution >= 0.6 is 0 Å². The lowest BCUT2D eigenvalue weighted by molar-refractivity contribution is -0.122. The predicted molar refractivity (Wildman–Crippen MR) is 96.7 cm³/mol. The summed E-state index contributed by atoms with van der Waals surface area (Å²) in [4.78, 5) is 24.4. The summed E-state index contributed by atoms with van der Waals surface area (Å²) in [7, 11) is 0. The number of Topliss-reactive ketones (excluding diaryl/α,β-unsaturated/α-hetero) is 1. The highest BCUT2D eigenvalue weighted by Crippen LogP contribution is 2.75. The van der Waals surface area contributed by atoms with Gasteiger partial charge in [-0.05, 0) is 61.0 Å². The molecule has 4 rings (SSSR count). The van der Waals surface area contributed by atoms with Gasteiger partial charge in [-0.1, -0.05) is 32.4 Å². The molecule has 0 saturated heterocycles. The van der Waals surface area contributed by atoms with Gasteiger partial charge in [0.25, 0.3) is 0 Å². The van der Waals surface area contributed by atoms with E-state index in [-0.39, 0.29) is 46.3 Å². The highest BCUT2D eigenvalue weighted by Gasteiger charge is 2.71. The minimum absolute atomic E-state index is 0.0274. The number of allylic oxidation sites excluding steroid dienone is 4. The van der Waals surface area contributed by atoms with Crippen molar-refractivity contribution in [1.29, 1.82) is 5.26 Å². The monoisotopic (exact) mass is 353 g/mol. The smallest absolute Gasteiger partial charge is 0.235 e. The van der Waals surface area contributed by atoms with Crippen molar-refractivity contribution in [2.24, 2.45) is 39.9 Å². The van der Waals surface area contributed by atoms with Gasteiger partial charge in [0.15, 0.2) is 5.78 Å². The SMILES string of the molecule is C[C@@H]1CC2C3CCC4=CC(=O)C=CC4(C)C3(CO)CC2(C)C1C(=O)C#N. The van der Waals surface area contributed by atoms with Crippen LogP contribution in [0.25, 0.3) is 0 Å². The molecule has 26 heavy (non-hydrogen) atoms. The number of hydrogen-bond acceptors (Lipinski definition) is 4.